The van der Waals surface area contributed by atoms with Gasteiger partial charge in [-0.05, 0) is 23.1 Å². The molecule has 0 unspecified atom stereocenters. The Morgan fingerprint density at radius 1 is 1.15 bits per heavy atom. The number of phenolic OH excluding ortho intramolecular Hbond substituents is 1. The highest BCUT2D eigenvalue weighted by Crippen LogP contribution is 2.28. The molecule has 3 rings (SSSR count). The smallest absolute Gasteiger partial charge is 0.255 e. The number of carbonyl (C=O) groups excluding carboxylic acids is 1. The minimum atomic E-state index is -0.283. The van der Waals surface area contributed by atoms with E-state index in [0.717, 1.165) is 10.9 Å². The Bertz CT molecular complexity index is 748. The fraction of sp³-hybridized carbons (Fsp3) is 0.0625. The number of benzene rings is 2. The molecule has 1 amide bonds. The molecule has 3 aromatic rings. The highest BCUT2D eigenvalue weighted by molar-refractivity contribution is 6.03. The molecule has 0 radical (unpaired) electrons. The molecule has 4 nitrogen and oxygen atoms in total. The van der Waals surface area contributed by atoms with Gasteiger partial charge in [0.2, 0.25) is 0 Å². The summed E-state index contributed by atoms with van der Waals surface area (Å²) < 4.78 is 0. The number of aromatic hydroxyl groups is 1. The number of hydrogen-bond acceptors (Lipinski definition) is 2. The summed E-state index contributed by atoms with van der Waals surface area (Å²) in [6.45, 7) is 0.425. The predicted molar refractivity (Wildman–Crippen MR) is 77.6 cm³/mol. The Morgan fingerprint density at radius 3 is 2.80 bits per heavy atom. The van der Waals surface area contributed by atoms with Crippen molar-refractivity contribution in [2.75, 3.05) is 0 Å². The molecule has 0 saturated carbocycles. The van der Waals surface area contributed by atoms with Crippen LogP contribution in [0.4, 0.5) is 0 Å². The van der Waals surface area contributed by atoms with Crippen molar-refractivity contribution >= 4 is 16.7 Å². The molecule has 0 aliphatic rings. The number of hydrogen-bond donors (Lipinski definition) is 3. The zero-order valence-electron chi connectivity index (χ0n) is 10.8. The number of aromatic amines is 1. The minimum absolute atomic E-state index is 0.0228. The second-order valence-corrected chi connectivity index (χ2v) is 4.58. The van der Waals surface area contributed by atoms with Crippen LogP contribution >= 0.6 is 0 Å². The zero-order valence-corrected chi connectivity index (χ0v) is 10.8. The standard InChI is InChI=1S/C16H14N2O2/c19-15-13-4-2-1-3-12(13)5-6-14(15)16(20)18-10-11-7-8-17-9-11/h1-9,17,19H,10H2,(H,18,20). The summed E-state index contributed by atoms with van der Waals surface area (Å²) in [4.78, 5) is 15.1. The van der Waals surface area contributed by atoms with Crippen molar-refractivity contribution in [2.24, 2.45) is 0 Å². The lowest BCUT2D eigenvalue weighted by Crippen LogP contribution is -2.22. The first-order chi connectivity index (χ1) is 9.75. The number of fused-ring (bicyclic) bond motifs is 1. The van der Waals surface area contributed by atoms with Gasteiger partial charge in [-0.3, -0.25) is 4.79 Å². The summed E-state index contributed by atoms with van der Waals surface area (Å²) in [7, 11) is 0. The van der Waals surface area contributed by atoms with E-state index in [4.69, 9.17) is 0 Å². The van der Waals surface area contributed by atoms with Crippen molar-refractivity contribution < 1.29 is 9.90 Å². The third-order valence-corrected chi connectivity index (χ3v) is 3.26. The van der Waals surface area contributed by atoms with Gasteiger partial charge in [0.05, 0.1) is 5.56 Å². The van der Waals surface area contributed by atoms with Crippen LogP contribution in [0.2, 0.25) is 0 Å². The van der Waals surface area contributed by atoms with Crippen LogP contribution in [0.15, 0.2) is 54.9 Å². The van der Waals surface area contributed by atoms with Crippen LogP contribution in [0.1, 0.15) is 15.9 Å². The first kappa shape index (κ1) is 12.3. The molecule has 0 saturated heterocycles. The molecule has 4 heteroatoms. The fourth-order valence-electron chi connectivity index (χ4n) is 2.18. The molecule has 0 fully saturated rings. The molecule has 0 bridgehead atoms. The van der Waals surface area contributed by atoms with Crippen molar-refractivity contribution in [2.45, 2.75) is 6.54 Å². The maximum Gasteiger partial charge on any atom is 0.255 e. The van der Waals surface area contributed by atoms with E-state index in [-0.39, 0.29) is 11.7 Å². The van der Waals surface area contributed by atoms with Gasteiger partial charge in [0.1, 0.15) is 5.75 Å². The van der Waals surface area contributed by atoms with Crippen LogP contribution < -0.4 is 5.32 Å². The number of rotatable bonds is 3. The third kappa shape index (κ3) is 2.23. The molecule has 1 aromatic heterocycles. The quantitative estimate of drug-likeness (QED) is 0.682. The highest BCUT2D eigenvalue weighted by atomic mass is 16.3. The zero-order chi connectivity index (χ0) is 13.9. The molecule has 0 spiro atoms. The Labute approximate surface area is 116 Å². The first-order valence-electron chi connectivity index (χ1n) is 6.36. The lowest BCUT2D eigenvalue weighted by Gasteiger charge is -2.08. The van der Waals surface area contributed by atoms with Gasteiger partial charge in [-0.2, -0.15) is 0 Å². The largest absolute Gasteiger partial charge is 0.506 e. The maximum atomic E-state index is 12.1. The lowest BCUT2D eigenvalue weighted by molar-refractivity contribution is 0.0948. The van der Waals surface area contributed by atoms with Gasteiger partial charge < -0.3 is 15.4 Å². The van der Waals surface area contributed by atoms with Gasteiger partial charge in [-0.15, -0.1) is 0 Å². The monoisotopic (exact) mass is 266 g/mol. The van der Waals surface area contributed by atoms with E-state index < -0.39 is 0 Å². The third-order valence-electron chi connectivity index (χ3n) is 3.26. The van der Waals surface area contributed by atoms with Gasteiger partial charge in [0.15, 0.2) is 0 Å². The molecule has 100 valence electrons. The van der Waals surface area contributed by atoms with Crippen LogP contribution in [-0.2, 0) is 6.54 Å². The van der Waals surface area contributed by atoms with Crippen molar-refractivity contribution in [1.29, 1.82) is 0 Å². The predicted octanol–water partition coefficient (Wildman–Crippen LogP) is 2.80. The van der Waals surface area contributed by atoms with Crippen molar-refractivity contribution in [3.05, 3.63) is 66.0 Å². The van der Waals surface area contributed by atoms with E-state index in [1.54, 1.807) is 18.3 Å². The summed E-state index contributed by atoms with van der Waals surface area (Å²) in [5.74, 6) is -0.260. The van der Waals surface area contributed by atoms with Gasteiger partial charge in [-0.1, -0.05) is 30.3 Å². The molecular weight excluding hydrogens is 252 g/mol. The van der Waals surface area contributed by atoms with E-state index in [1.165, 1.54) is 0 Å². The van der Waals surface area contributed by atoms with E-state index in [9.17, 15) is 9.90 Å². The van der Waals surface area contributed by atoms with Crippen molar-refractivity contribution in [3.8, 4) is 5.75 Å². The second kappa shape index (κ2) is 5.09. The van der Waals surface area contributed by atoms with Gasteiger partial charge in [-0.25, -0.2) is 0 Å². The number of aromatic nitrogens is 1. The fourth-order valence-corrected chi connectivity index (χ4v) is 2.18. The topological polar surface area (TPSA) is 65.1 Å². The number of H-pyrrole nitrogens is 1. The highest BCUT2D eigenvalue weighted by Gasteiger charge is 2.13. The van der Waals surface area contributed by atoms with Gasteiger partial charge in [0.25, 0.3) is 5.91 Å². The molecule has 1 heterocycles. The number of phenols is 1. The average molecular weight is 266 g/mol. The molecule has 3 N–H and O–H groups in total. The molecule has 2 aromatic carbocycles. The van der Waals surface area contributed by atoms with Crippen molar-refractivity contribution in [3.63, 3.8) is 0 Å². The summed E-state index contributed by atoms with van der Waals surface area (Å²) >= 11 is 0. The normalized spacial score (nSPS) is 10.6. The van der Waals surface area contributed by atoms with Crippen LogP contribution in [0.3, 0.4) is 0 Å². The molecule has 0 aliphatic heterocycles. The average Bonchev–Trinajstić information content (AvgIpc) is 2.99. The minimum Gasteiger partial charge on any atom is -0.506 e. The van der Waals surface area contributed by atoms with Gasteiger partial charge >= 0.3 is 0 Å². The van der Waals surface area contributed by atoms with E-state index >= 15 is 0 Å². The maximum absolute atomic E-state index is 12.1. The van der Waals surface area contributed by atoms with Crippen molar-refractivity contribution in [1.82, 2.24) is 10.3 Å². The van der Waals surface area contributed by atoms with E-state index in [1.807, 2.05) is 36.5 Å². The Kier molecular flexibility index (Phi) is 3.13. The molecule has 20 heavy (non-hydrogen) atoms. The Hall–Kier alpha value is -2.75. The van der Waals surface area contributed by atoms with E-state index in [2.05, 4.69) is 10.3 Å². The summed E-state index contributed by atoms with van der Waals surface area (Å²) in [6, 6.07) is 12.8. The van der Waals surface area contributed by atoms with Crippen LogP contribution in [-0.4, -0.2) is 16.0 Å². The number of nitrogens with one attached hydrogen (secondary N) is 2. The summed E-state index contributed by atoms with van der Waals surface area (Å²) in [5.41, 5.74) is 1.28. The SMILES string of the molecule is O=C(NCc1cc[nH]c1)c1ccc2ccccc2c1O. The molecule has 0 atom stereocenters. The number of amides is 1. The lowest BCUT2D eigenvalue weighted by atomic mass is 10.0. The number of carbonyl (C=O) groups is 1. The van der Waals surface area contributed by atoms with Crippen LogP contribution in [0.5, 0.6) is 5.75 Å². The van der Waals surface area contributed by atoms with Crippen LogP contribution in [0.25, 0.3) is 10.8 Å². The molecule has 0 aliphatic carbocycles. The Balaban J connectivity index is 1.86. The summed E-state index contributed by atoms with van der Waals surface area (Å²) in [6.07, 6.45) is 3.62. The van der Waals surface area contributed by atoms with E-state index in [0.29, 0.717) is 17.5 Å². The Morgan fingerprint density at radius 2 is 2.00 bits per heavy atom. The first-order valence-corrected chi connectivity index (χ1v) is 6.36. The molecular formula is C16H14N2O2. The summed E-state index contributed by atoms with van der Waals surface area (Å²) in [5, 5.41) is 14.6. The second-order valence-electron chi connectivity index (χ2n) is 4.58. The van der Waals surface area contributed by atoms with Crippen LogP contribution in [0, 0.1) is 0 Å². The van der Waals surface area contributed by atoms with Gasteiger partial charge in [0, 0.05) is 24.3 Å².